The number of hydrogen-bond acceptors (Lipinski definition) is 3. The van der Waals surface area contributed by atoms with E-state index < -0.39 is 6.10 Å². The third kappa shape index (κ3) is 2.88. The van der Waals surface area contributed by atoms with Gasteiger partial charge in [-0.2, -0.15) is 0 Å². The van der Waals surface area contributed by atoms with Gasteiger partial charge < -0.3 is 10.4 Å². The number of aromatic nitrogens is 1. The third-order valence-corrected chi connectivity index (χ3v) is 3.62. The lowest BCUT2D eigenvalue weighted by molar-refractivity contribution is 0.200. The number of aliphatic hydroxyl groups is 1. The molecule has 1 unspecified atom stereocenters. The second kappa shape index (κ2) is 5.94. The summed E-state index contributed by atoms with van der Waals surface area (Å²) in [5.74, 6) is 0. The SMILES string of the molecule is CC(O)c1ccccc1NCc1ccnc2ccccc12. The van der Waals surface area contributed by atoms with Gasteiger partial charge in [-0.15, -0.1) is 0 Å². The Morgan fingerprint density at radius 3 is 2.67 bits per heavy atom. The average molecular weight is 278 g/mol. The van der Waals surface area contributed by atoms with Crippen LogP contribution < -0.4 is 5.32 Å². The third-order valence-electron chi connectivity index (χ3n) is 3.62. The van der Waals surface area contributed by atoms with Crippen LogP contribution in [0.25, 0.3) is 10.9 Å². The maximum atomic E-state index is 9.82. The van der Waals surface area contributed by atoms with E-state index >= 15 is 0 Å². The van der Waals surface area contributed by atoms with Gasteiger partial charge in [-0.3, -0.25) is 4.98 Å². The summed E-state index contributed by atoms with van der Waals surface area (Å²) in [6.45, 7) is 2.48. The van der Waals surface area contributed by atoms with Gasteiger partial charge in [0.25, 0.3) is 0 Å². The van der Waals surface area contributed by atoms with Crippen LogP contribution in [0.3, 0.4) is 0 Å². The normalized spacial score (nSPS) is 12.3. The molecule has 3 aromatic rings. The van der Waals surface area contributed by atoms with Crippen molar-refractivity contribution in [3.05, 3.63) is 71.9 Å². The fourth-order valence-electron chi connectivity index (χ4n) is 2.52. The van der Waals surface area contributed by atoms with E-state index in [1.807, 2.05) is 54.7 Å². The van der Waals surface area contributed by atoms with Gasteiger partial charge in [0.15, 0.2) is 0 Å². The summed E-state index contributed by atoms with van der Waals surface area (Å²) in [6.07, 6.45) is 1.35. The molecule has 2 N–H and O–H groups in total. The highest BCUT2D eigenvalue weighted by molar-refractivity contribution is 5.82. The molecule has 0 radical (unpaired) electrons. The minimum atomic E-state index is -0.483. The van der Waals surface area contributed by atoms with Crippen LogP contribution in [0, 0.1) is 0 Å². The van der Waals surface area contributed by atoms with E-state index in [-0.39, 0.29) is 0 Å². The molecule has 3 nitrogen and oxygen atoms in total. The van der Waals surface area contributed by atoms with Gasteiger partial charge in [-0.25, -0.2) is 0 Å². The Morgan fingerprint density at radius 2 is 1.81 bits per heavy atom. The quantitative estimate of drug-likeness (QED) is 0.760. The molecule has 1 aromatic heterocycles. The number of nitrogens with one attached hydrogen (secondary N) is 1. The van der Waals surface area contributed by atoms with Crippen molar-refractivity contribution in [2.45, 2.75) is 19.6 Å². The lowest BCUT2D eigenvalue weighted by Gasteiger charge is -2.14. The number of pyridine rings is 1. The molecule has 0 fully saturated rings. The lowest BCUT2D eigenvalue weighted by atomic mass is 10.1. The van der Waals surface area contributed by atoms with Crippen molar-refractivity contribution in [2.24, 2.45) is 0 Å². The van der Waals surface area contributed by atoms with E-state index in [2.05, 4.69) is 16.4 Å². The number of fused-ring (bicyclic) bond motifs is 1. The highest BCUT2D eigenvalue weighted by Gasteiger charge is 2.07. The summed E-state index contributed by atoms with van der Waals surface area (Å²) in [5.41, 5.74) is 4.07. The van der Waals surface area contributed by atoms with Gasteiger partial charge >= 0.3 is 0 Å². The molecule has 0 spiro atoms. The largest absolute Gasteiger partial charge is 0.389 e. The van der Waals surface area contributed by atoms with Crippen LogP contribution in [0.1, 0.15) is 24.2 Å². The first kappa shape index (κ1) is 13.6. The number of hydrogen-bond donors (Lipinski definition) is 2. The first-order valence-electron chi connectivity index (χ1n) is 7.09. The molecule has 0 aliphatic heterocycles. The van der Waals surface area contributed by atoms with Crippen molar-refractivity contribution >= 4 is 16.6 Å². The van der Waals surface area contributed by atoms with Crippen molar-refractivity contribution < 1.29 is 5.11 Å². The van der Waals surface area contributed by atoms with Gasteiger partial charge in [0, 0.05) is 29.4 Å². The van der Waals surface area contributed by atoms with Crippen molar-refractivity contribution in [3.63, 3.8) is 0 Å². The van der Waals surface area contributed by atoms with Gasteiger partial charge in [0.05, 0.1) is 11.6 Å². The molecule has 3 heteroatoms. The van der Waals surface area contributed by atoms with Gasteiger partial charge in [-0.05, 0) is 30.7 Å². The van der Waals surface area contributed by atoms with Crippen molar-refractivity contribution in [1.29, 1.82) is 0 Å². The second-order valence-corrected chi connectivity index (χ2v) is 5.10. The van der Waals surface area contributed by atoms with Crippen molar-refractivity contribution in [2.75, 3.05) is 5.32 Å². The first-order valence-corrected chi connectivity index (χ1v) is 7.09. The minimum absolute atomic E-state index is 0.483. The average Bonchev–Trinajstić information content (AvgIpc) is 2.53. The van der Waals surface area contributed by atoms with Gasteiger partial charge in [0.2, 0.25) is 0 Å². The van der Waals surface area contributed by atoms with Crippen LogP contribution in [0.4, 0.5) is 5.69 Å². The fourth-order valence-corrected chi connectivity index (χ4v) is 2.52. The Hall–Kier alpha value is -2.39. The number of anilines is 1. The molecule has 0 saturated carbocycles. The number of rotatable bonds is 4. The van der Waals surface area contributed by atoms with Crippen LogP contribution in [-0.2, 0) is 6.54 Å². The zero-order chi connectivity index (χ0) is 14.7. The Labute approximate surface area is 124 Å². The van der Waals surface area contributed by atoms with E-state index in [0.717, 1.165) is 22.2 Å². The minimum Gasteiger partial charge on any atom is -0.389 e. The van der Waals surface area contributed by atoms with E-state index in [1.165, 1.54) is 5.56 Å². The van der Waals surface area contributed by atoms with Crippen LogP contribution in [-0.4, -0.2) is 10.1 Å². The van der Waals surface area contributed by atoms with Crippen LogP contribution in [0.15, 0.2) is 60.8 Å². The Bertz CT molecular complexity index is 748. The molecular formula is C18H18N2O. The molecule has 0 amide bonds. The summed E-state index contributed by atoms with van der Waals surface area (Å²) in [7, 11) is 0. The Kier molecular flexibility index (Phi) is 3.84. The van der Waals surface area contributed by atoms with Gasteiger partial charge in [-0.1, -0.05) is 36.4 Å². The molecule has 0 bridgehead atoms. The summed E-state index contributed by atoms with van der Waals surface area (Å²) in [5, 5.41) is 14.4. The first-order chi connectivity index (χ1) is 10.3. The van der Waals surface area contributed by atoms with Crippen LogP contribution >= 0.6 is 0 Å². The van der Waals surface area contributed by atoms with Crippen LogP contribution in [0.2, 0.25) is 0 Å². The van der Waals surface area contributed by atoms with Crippen molar-refractivity contribution in [3.8, 4) is 0 Å². The molecular weight excluding hydrogens is 260 g/mol. The highest BCUT2D eigenvalue weighted by Crippen LogP contribution is 2.24. The number of aliphatic hydroxyl groups excluding tert-OH is 1. The fraction of sp³-hybridized carbons (Fsp3) is 0.167. The monoisotopic (exact) mass is 278 g/mol. The molecule has 0 aliphatic carbocycles. The van der Waals surface area contributed by atoms with Gasteiger partial charge in [0.1, 0.15) is 0 Å². The summed E-state index contributed by atoms with van der Waals surface area (Å²) >= 11 is 0. The maximum absolute atomic E-state index is 9.82. The summed E-state index contributed by atoms with van der Waals surface area (Å²) in [6, 6.07) is 18.0. The molecule has 21 heavy (non-hydrogen) atoms. The zero-order valence-electron chi connectivity index (χ0n) is 12.0. The Balaban J connectivity index is 1.87. The molecule has 1 atom stereocenters. The summed E-state index contributed by atoms with van der Waals surface area (Å²) in [4.78, 5) is 4.37. The molecule has 106 valence electrons. The predicted molar refractivity (Wildman–Crippen MR) is 86.1 cm³/mol. The molecule has 0 aliphatic rings. The number of benzene rings is 2. The summed E-state index contributed by atoms with van der Waals surface area (Å²) < 4.78 is 0. The lowest BCUT2D eigenvalue weighted by Crippen LogP contribution is -2.04. The molecule has 2 aromatic carbocycles. The van der Waals surface area contributed by atoms with E-state index in [4.69, 9.17) is 0 Å². The Morgan fingerprint density at radius 1 is 1.05 bits per heavy atom. The van der Waals surface area contributed by atoms with Crippen LogP contribution in [0.5, 0.6) is 0 Å². The predicted octanol–water partition coefficient (Wildman–Crippen LogP) is 3.90. The van der Waals surface area contributed by atoms with E-state index in [0.29, 0.717) is 6.54 Å². The highest BCUT2D eigenvalue weighted by atomic mass is 16.3. The molecule has 3 rings (SSSR count). The zero-order valence-corrected chi connectivity index (χ0v) is 12.0. The van der Waals surface area contributed by atoms with E-state index in [9.17, 15) is 5.11 Å². The molecule has 1 heterocycles. The van der Waals surface area contributed by atoms with Crippen molar-refractivity contribution in [1.82, 2.24) is 4.98 Å². The number of para-hydroxylation sites is 2. The van der Waals surface area contributed by atoms with E-state index in [1.54, 1.807) is 6.92 Å². The second-order valence-electron chi connectivity index (χ2n) is 5.10. The standard InChI is InChI=1S/C18H18N2O/c1-13(21)15-6-2-4-8-17(15)20-12-14-10-11-19-18-9-5-3-7-16(14)18/h2-11,13,20-21H,12H2,1H3. The maximum Gasteiger partial charge on any atom is 0.0781 e. The number of nitrogens with zero attached hydrogens (tertiary/aromatic N) is 1. The smallest absolute Gasteiger partial charge is 0.0781 e. The molecule has 0 saturated heterocycles. The topological polar surface area (TPSA) is 45.1 Å².